The number of imidazole rings is 1. The van der Waals surface area contributed by atoms with Crippen LogP contribution in [0.3, 0.4) is 0 Å². The van der Waals surface area contributed by atoms with Crippen molar-refractivity contribution in [1.29, 1.82) is 0 Å². The summed E-state index contributed by atoms with van der Waals surface area (Å²) in [5.41, 5.74) is 2.84. The van der Waals surface area contributed by atoms with Crippen LogP contribution >= 0.6 is 31.9 Å². The third-order valence-corrected chi connectivity index (χ3v) is 3.86. The average Bonchev–Trinajstić information content (AvgIpc) is 2.83. The lowest BCUT2D eigenvalue weighted by Crippen LogP contribution is -1.83. The predicted octanol–water partition coefficient (Wildman–Crippen LogP) is 4.53. The minimum Gasteiger partial charge on any atom is -0.497 e. The highest BCUT2D eigenvalue weighted by molar-refractivity contribution is 9.11. The van der Waals surface area contributed by atoms with E-state index < -0.39 is 0 Å². The van der Waals surface area contributed by atoms with Crippen LogP contribution in [-0.4, -0.2) is 16.5 Å². The van der Waals surface area contributed by atoms with Crippen LogP contribution in [0.5, 0.6) is 5.75 Å². The Balaban J connectivity index is 2.17. The fraction of sp³-hybridized carbons (Fsp3) is 0.0714. The van der Waals surface area contributed by atoms with Crippen LogP contribution in [0.4, 0.5) is 0 Å². The van der Waals surface area contributed by atoms with Crippen molar-refractivity contribution in [2.45, 2.75) is 0 Å². The van der Waals surface area contributed by atoms with Crippen LogP contribution in [0.15, 0.2) is 51.7 Å². The number of pyridine rings is 1. The maximum atomic E-state index is 5.24. The molecule has 0 amide bonds. The molecule has 0 aliphatic rings. The third-order valence-electron chi connectivity index (χ3n) is 2.84. The van der Waals surface area contributed by atoms with Crippen LogP contribution in [0.25, 0.3) is 16.9 Å². The Bertz CT molecular complexity index is 752. The minimum absolute atomic E-state index is 0.829. The number of fused-ring (bicyclic) bond motifs is 1. The van der Waals surface area contributed by atoms with E-state index in [4.69, 9.17) is 4.74 Å². The molecule has 2 heterocycles. The van der Waals surface area contributed by atoms with Crippen molar-refractivity contribution in [3.05, 3.63) is 51.7 Å². The van der Waals surface area contributed by atoms with E-state index in [1.807, 2.05) is 47.1 Å². The second-order valence-electron chi connectivity index (χ2n) is 4.10. The van der Waals surface area contributed by atoms with E-state index in [-0.39, 0.29) is 0 Å². The molecule has 2 aromatic heterocycles. The first-order valence-corrected chi connectivity index (χ1v) is 7.24. The van der Waals surface area contributed by atoms with Gasteiger partial charge in [0.2, 0.25) is 0 Å². The lowest BCUT2D eigenvalue weighted by molar-refractivity contribution is 0.415. The van der Waals surface area contributed by atoms with Crippen molar-refractivity contribution in [1.82, 2.24) is 9.38 Å². The number of aromatic nitrogens is 2. The van der Waals surface area contributed by atoms with E-state index in [2.05, 4.69) is 36.8 Å². The number of nitrogens with zero attached hydrogens (tertiary/aromatic N) is 2. The Hall–Kier alpha value is -1.33. The van der Waals surface area contributed by atoms with Crippen molar-refractivity contribution >= 4 is 37.5 Å². The fourth-order valence-electron chi connectivity index (χ4n) is 1.95. The average molecular weight is 382 g/mol. The van der Waals surface area contributed by atoms with Crippen molar-refractivity contribution in [3.8, 4) is 17.0 Å². The zero-order valence-electron chi connectivity index (χ0n) is 10.1. The summed E-state index contributed by atoms with van der Waals surface area (Å²) in [6.07, 6.45) is 3.98. The molecule has 19 heavy (non-hydrogen) atoms. The van der Waals surface area contributed by atoms with Gasteiger partial charge < -0.3 is 9.14 Å². The second-order valence-corrected chi connectivity index (χ2v) is 5.87. The number of hydrogen-bond donors (Lipinski definition) is 0. The first-order valence-electron chi connectivity index (χ1n) is 5.65. The molecule has 0 spiro atoms. The van der Waals surface area contributed by atoms with Gasteiger partial charge in [0.15, 0.2) is 5.65 Å². The topological polar surface area (TPSA) is 26.5 Å². The molecular formula is C14H10Br2N2O. The molecule has 0 aliphatic heterocycles. The maximum Gasteiger partial charge on any atom is 0.151 e. The van der Waals surface area contributed by atoms with Crippen molar-refractivity contribution in [2.75, 3.05) is 7.11 Å². The van der Waals surface area contributed by atoms with Crippen LogP contribution in [0, 0.1) is 0 Å². The Morgan fingerprint density at radius 2 is 2.00 bits per heavy atom. The Morgan fingerprint density at radius 1 is 1.16 bits per heavy atom. The van der Waals surface area contributed by atoms with Gasteiger partial charge in [0.1, 0.15) is 5.75 Å². The van der Waals surface area contributed by atoms with Gasteiger partial charge in [0, 0.05) is 22.4 Å². The molecule has 1 aromatic carbocycles. The molecule has 0 saturated carbocycles. The Labute approximate surface area is 127 Å². The van der Waals surface area contributed by atoms with Crippen molar-refractivity contribution < 1.29 is 4.74 Å². The number of hydrogen-bond acceptors (Lipinski definition) is 2. The smallest absolute Gasteiger partial charge is 0.151 e. The number of methoxy groups -OCH3 is 1. The van der Waals surface area contributed by atoms with Gasteiger partial charge in [-0.05, 0) is 50.1 Å². The summed E-state index contributed by atoms with van der Waals surface area (Å²) in [4.78, 5) is 4.64. The molecule has 0 unspecified atom stereocenters. The van der Waals surface area contributed by atoms with E-state index in [0.717, 1.165) is 31.6 Å². The molecule has 0 N–H and O–H groups in total. The molecule has 0 radical (unpaired) electrons. The highest BCUT2D eigenvalue weighted by atomic mass is 79.9. The highest BCUT2D eigenvalue weighted by Gasteiger charge is 2.08. The summed E-state index contributed by atoms with van der Waals surface area (Å²) in [6, 6.07) is 9.87. The van der Waals surface area contributed by atoms with Crippen molar-refractivity contribution in [3.63, 3.8) is 0 Å². The van der Waals surface area contributed by atoms with E-state index in [1.54, 1.807) is 7.11 Å². The number of benzene rings is 1. The highest BCUT2D eigenvalue weighted by Crippen LogP contribution is 2.27. The lowest BCUT2D eigenvalue weighted by Gasteiger charge is -2.00. The zero-order chi connectivity index (χ0) is 13.4. The SMILES string of the molecule is COc1cccc(-c2cn3cc(Br)cc(Br)c3n2)c1. The van der Waals surface area contributed by atoms with E-state index >= 15 is 0 Å². The quantitative estimate of drug-likeness (QED) is 0.651. The molecule has 0 atom stereocenters. The number of halogens is 2. The Kier molecular flexibility index (Phi) is 3.33. The molecule has 96 valence electrons. The molecular weight excluding hydrogens is 372 g/mol. The third kappa shape index (κ3) is 2.40. The van der Waals surface area contributed by atoms with Crippen LogP contribution < -0.4 is 4.74 Å². The molecule has 0 saturated heterocycles. The van der Waals surface area contributed by atoms with Gasteiger partial charge in [0.05, 0.1) is 17.3 Å². The summed E-state index contributed by atoms with van der Waals surface area (Å²) >= 11 is 7.00. The second kappa shape index (κ2) is 4.98. The number of rotatable bonds is 2. The molecule has 0 bridgehead atoms. The Morgan fingerprint density at radius 3 is 2.79 bits per heavy atom. The van der Waals surface area contributed by atoms with Crippen LogP contribution in [-0.2, 0) is 0 Å². The van der Waals surface area contributed by atoms with Crippen molar-refractivity contribution in [2.24, 2.45) is 0 Å². The molecule has 3 nitrogen and oxygen atoms in total. The molecule has 5 heteroatoms. The zero-order valence-corrected chi connectivity index (χ0v) is 13.3. The van der Waals surface area contributed by atoms with E-state index in [9.17, 15) is 0 Å². The van der Waals surface area contributed by atoms with Gasteiger partial charge >= 0.3 is 0 Å². The molecule has 0 aliphatic carbocycles. The molecule has 3 aromatic rings. The summed E-state index contributed by atoms with van der Waals surface area (Å²) in [5, 5.41) is 0. The number of ether oxygens (including phenoxy) is 1. The summed E-state index contributed by atoms with van der Waals surface area (Å²) < 4.78 is 9.19. The fourth-order valence-corrected chi connectivity index (χ4v) is 3.24. The van der Waals surface area contributed by atoms with Gasteiger partial charge in [0.25, 0.3) is 0 Å². The lowest BCUT2D eigenvalue weighted by atomic mass is 10.1. The largest absolute Gasteiger partial charge is 0.497 e. The molecule has 3 rings (SSSR count). The van der Waals surface area contributed by atoms with Gasteiger partial charge in [-0.25, -0.2) is 4.98 Å². The predicted molar refractivity (Wildman–Crippen MR) is 82.6 cm³/mol. The van der Waals surface area contributed by atoms with Gasteiger partial charge in [-0.15, -0.1) is 0 Å². The standard InChI is InChI=1S/C14H10Br2N2O/c1-19-11-4-2-3-9(5-11)13-8-18-7-10(15)6-12(16)14(18)17-13/h2-8H,1H3. The van der Waals surface area contributed by atoms with Crippen LogP contribution in [0.1, 0.15) is 0 Å². The summed E-state index contributed by atoms with van der Waals surface area (Å²) in [7, 11) is 1.66. The van der Waals surface area contributed by atoms with Gasteiger partial charge in [-0.2, -0.15) is 0 Å². The van der Waals surface area contributed by atoms with Crippen LogP contribution in [0.2, 0.25) is 0 Å². The normalized spacial score (nSPS) is 10.9. The monoisotopic (exact) mass is 380 g/mol. The molecule has 0 fully saturated rings. The maximum absolute atomic E-state index is 5.24. The van der Waals surface area contributed by atoms with E-state index in [1.165, 1.54) is 0 Å². The van der Waals surface area contributed by atoms with Gasteiger partial charge in [-0.3, -0.25) is 0 Å². The summed E-state index contributed by atoms with van der Waals surface area (Å²) in [6.45, 7) is 0. The first-order chi connectivity index (χ1) is 9.17. The van der Waals surface area contributed by atoms with E-state index in [0.29, 0.717) is 0 Å². The minimum atomic E-state index is 0.829. The summed E-state index contributed by atoms with van der Waals surface area (Å²) in [5.74, 6) is 0.829. The first kappa shape index (κ1) is 12.7. The van der Waals surface area contributed by atoms with Gasteiger partial charge in [-0.1, -0.05) is 12.1 Å².